The topological polar surface area (TPSA) is 12.0 Å². The normalized spacial score (nSPS) is 17.4. The molecule has 0 aliphatic heterocycles. The Labute approximate surface area is 132 Å². The van der Waals surface area contributed by atoms with Crippen molar-refractivity contribution in [1.29, 1.82) is 0 Å². The summed E-state index contributed by atoms with van der Waals surface area (Å²) in [4.78, 5) is 0. The first-order valence-corrected chi connectivity index (χ1v) is 8.19. The minimum absolute atomic E-state index is 0.480. The molecule has 1 N–H and O–H groups in total. The van der Waals surface area contributed by atoms with Crippen LogP contribution >= 0.6 is 0 Å². The maximum absolute atomic E-state index is 3.76. The molecule has 0 fully saturated rings. The van der Waals surface area contributed by atoms with Crippen LogP contribution in [-0.4, -0.2) is 0 Å². The molecule has 0 saturated heterocycles. The quantitative estimate of drug-likeness (QED) is 0.714. The van der Waals surface area contributed by atoms with Gasteiger partial charge >= 0.3 is 0 Å². The highest BCUT2D eigenvalue weighted by atomic mass is 14.9. The maximum atomic E-state index is 3.76. The average molecular weight is 287 g/mol. The van der Waals surface area contributed by atoms with E-state index in [1.165, 1.54) is 41.2 Å². The SMILES string of the molecule is c1ccc(CN[C@@H]2CCCc3c2ccc2ccccc32)cc1. The Kier molecular flexibility index (Phi) is 3.65. The fourth-order valence-electron chi connectivity index (χ4n) is 3.65. The van der Waals surface area contributed by atoms with Crippen molar-refractivity contribution in [2.24, 2.45) is 0 Å². The lowest BCUT2D eigenvalue weighted by atomic mass is 9.84. The number of fused-ring (bicyclic) bond motifs is 3. The van der Waals surface area contributed by atoms with E-state index in [1.807, 2.05) is 0 Å². The highest BCUT2D eigenvalue weighted by Gasteiger charge is 2.21. The molecule has 22 heavy (non-hydrogen) atoms. The van der Waals surface area contributed by atoms with E-state index in [0.29, 0.717) is 6.04 Å². The second-order valence-corrected chi connectivity index (χ2v) is 6.17. The zero-order valence-electron chi connectivity index (χ0n) is 12.8. The summed E-state index contributed by atoms with van der Waals surface area (Å²) >= 11 is 0. The number of rotatable bonds is 3. The molecule has 1 aliphatic rings. The molecule has 1 aliphatic carbocycles. The van der Waals surface area contributed by atoms with Crippen LogP contribution in [0.1, 0.15) is 35.6 Å². The summed E-state index contributed by atoms with van der Waals surface area (Å²) in [5.41, 5.74) is 4.41. The van der Waals surface area contributed by atoms with Crippen LogP contribution in [0, 0.1) is 0 Å². The zero-order chi connectivity index (χ0) is 14.8. The highest BCUT2D eigenvalue weighted by molar-refractivity contribution is 5.87. The molecule has 0 bridgehead atoms. The van der Waals surface area contributed by atoms with E-state index >= 15 is 0 Å². The van der Waals surface area contributed by atoms with Gasteiger partial charge in [-0.25, -0.2) is 0 Å². The Balaban J connectivity index is 1.63. The van der Waals surface area contributed by atoms with Gasteiger partial charge in [-0.05, 0) is 46.7 Å². The lowest BCUT2D eigenvalue weighted by Gasteiger charge is -2.28. The van der Waals surface area contributed by atoms with Crippen molar-refractivity contribution >= 4 is 10.8 Å². The average Bonchev–Trinajstić information content (AvgIpc) is 2.60. The van der Waals surface area contributed by atoms with Gasteiger partial charge in [0.05, 0.1) is 0 Å². The fourth-order valence-corrected chi connectivity index (χ4v) is 3.65. The fraction of sp³-hybridized carbons (Fsp3) is 0.238. The van der Waals surface area contributed by atoms with Gasteiger partial charge in [0.2, 0.25) is 0 Å². The Bertz CT molecular complexity index is 776. The van der Waals surface area contributed by atoms with Gasteiger partial charge in [-0.15, -0.1) is 0 Å². The summed E-state index contributed by atoms with van der Waals surface area (Å²) in [6.07, 6.45) is 3.71. The van der Waals surface area contributed by atoms with Gasteiger partial charge < -0.3 is 5.32 Å². The summed E-state index contributed by atoms with van der Waals surface area (Å²) in [6, 6.07) is 24.5. The largest absolute Gasteiger partial charge is 0.306 e. The first kappa shape index (κ1) is 13.5. The molecule has 0 spiro atoms. The molecule has 0 saturated carbocycles. The summed E-state index contributed by atoms with van der Waals surface area (Å²) in [7, 11) is 0. The van der Waals surface area contributed by atoms with Gasteiger partial charge in [0, 0.05) is 12.6 Å². The van der Waals surface area contributed by atoms with Crippen LogP contribution < -0.4 is 5.32 Å². The molecule has 0 amide bonds. The van der Waals surface area contributed by atoms with E-state index in [1.54, 1.807) is 5.56 Å². The van der Waals surface area contributed by atoms with Crippen LogP contribution in [0.4, 0.5) is 0 Å². The Morgan fingerprint density at radius 3 is 2.59 bits per heavy atom. The van der Waals surface area contributed by atoms with Gasteiger partial charge in [-0.1, -0.05) is 66.7 Å². The first-order valence-electron chi connectivity index (χ1n) is 8.19. The van der Waals surface area contributed by atoms with Crippen molar-refractivity contribution in [3.8, 4) is 0 Å². The van der Waals surface area contributed by atoms with Crippen LogP contribution in [0.5, 0.6) is 0 Å². The van der Waals surface area contributed by atoms with Gasteiger partial charge in [0.25, 0.3) is 0 Å². The van der Waals surface area contributed by atoms with Crippen LogP contribution in [0.25, 0.3) is 10.8 Å². The molecular weight excluding hydrogens is 266 g/mol. The summed E-state index contributed by atoms with van der Waals surface area (Å²) in [6.45, 7) is 0.942. The van der Waals surface area contributed by atoms with E-state index in [2.05, 4.69) is 72.0 Å². The maximum Gasteiger partial charge on any atom is 0.0326 e. The van der Waals surface area contributed by atoms with Crippen molar-refractivity contribution in [2.75, 3.05) is 0 Å². The third kappa shape index (κ3) is 2.53. The zero-order valence-corrected chi connectivity index (χ0v) is 12.8. The molecule has 110 valence electrons. The van der Waals surface area contributed by atoms with Crippen molar-refractivity contribution < 1.29 is 0 Å². The predicted molar refractivity (Wildman–Crippen MR) is 92.9 cm³/mol. The molecular formula is C21H21N. The molecule has 3 aromatic carbocycles. The second kappa shape index (κ2) is 5.94. The molecule has 0 aromatic heterocycles. The lowest BCUT2D eigenvalue weighted by molar-refractivity contribution is 0.460. The summed E-state index contributed by atoms with van der Waals surface area (Å²) < 4.78 is 0. The summed E-state index contributed by atoms with van der Waals surface area (Å²) in [5, 5.41) is 6.56. The van der Waals surface area contributed by atoms with E-state index in [0.717, 1.165) is 6.54 Å². The monoisotopic (exact) mass is 287 g/mol. The van der Waals surface area contributed by atoms with Crippen LogP contribution in [-0.2, 0) is 13.0 Å². The van der Waals surface area contributed by atoms with Crippen molar-refractivity contribution in [2.45, 2.75) is 31.8 Å². The van der Waals surface area contributed by atoms with Gasteiger partial charge in [0.1, 0.15) is 0 Å². The van der Waals surface area contributed by atoms with Crippen molar-refractivity contribution in [1.82, 2.24) is 5.32 Å². The molecule has 4 rings (SSSR count). The number of hydrogen-bond donors (Lipinski definition) is 1. The molecule has 3 aromatic rings. The third-order valence-corrected chi connectivity index (χ3v) is 4.77. The standard InChI is InChI=1S/C21H21N/c1-2-7-16(8-3-1)15-22-21-12-6-11-19-18-10-5-4-9-17(18)13-14-20(19)21/h1-5,7-10,13-14,21-22H,6,11-12,15H2/t21-/m1/s1. The van der Waals surface area contributed by atoms with E-state index in [4.69, 9.17) is 0 Å². The lowest BCUT2D eigenvalue weighted by Crippen LogP contribution is -2.25. The van der Waals surface area contributed by atoms with Gasteiger partial charge in [-0.2, -0.15) is 0 Å². The molecule has 1 heteroatoms. The van der Waals surface area contributed by atoms with E-state index in [-0.39, 0.29) is 0 Å². The predicted octanol–water partition coefficient (Wildman–Crippen LogP) is 5.01. The number of nitrogens with one attached hydrogen (secondary N) is 1. The smallest absolute Gasteiger partial charge is 0.0326 e. The number of aryl methyl sites for hydroxylation is 1. The van der Waals surface area contributed by atoms with E-state index < -0.39 is 0 Å². The van der Waals surface area contributed by atoms with Crippen molar-refractivity contribution in [3.63, 3.8) is 0 Å². The highest BCUT2D eigenvalue weighted by Crippen LogP contribution is 2.34. The van der Waals surface area contributed by atoms with Crippen LogP contribution in [0.3, 0.4) is 0 Å². The Hall–Kier alpha value is -2.12. The van der Waals surface area contributed by atoms with Gasteiger partial charge in [-0.3, -0.25) is 0 Å². The molecule has 0 unspecified atom stereocenters. The summed E-state index contributed by atoms with van der Waals surface area (Å²) in [5.74, 6) is 0. The minimum Gasteiger partial charge on any atom is -0.306 e. The Morgan fingerprint density at radius 2 is 1.68 bits per heavy atom. The van der Waals surface area contributed by atoms with Crippen molar-refractivity contribution in [3.05, 3.63) is 83.4 Å². The number of benzene rings is 3. The third-order valence-electron chi connectivity index (χ3n) is 4.77. The molecule has 0 radical (unpaired) electrons. The molecule has 1 atom stereocenters. The minimum atomic E-state index is 0.480. The molecule has 0 heterocycles. The Morgan fingerprint density at radius 1 is 0.864 bits per heavy atom. The first-order chi connectivity index (χ1) is 10.9. The molecule has 1 nitrogen and oxygen atoms in total. The number of hydrogen-bond acceptors (Lipinski definition) is 1. The van der Waals surface area contributed by atoms with E-state index in [9.17, 15) is 0 Å². The van der Waals surface area contributed by atoms with Crippen LogP contribution in [0.15, 0.2) is 66.7 Å². The second-order valence-electron chi connectivity index (χ2n) is 6.17. The van der Waals surface area contributed by atoms with Gasteiger partial charge in [0.15, 0.2) is 0 Å². The van der Waals surface area contributed by atoms with Crippen LogP contribution in [0.2, 0.25) is 0 Å².